The number of rotatable bonds is 5. The molecule has 0 aliphatic heterocycles. The Hall–Kier alpha value is -0.790. The van der Waals surface area contributed by atoms with Gasteiger partial charge in [-0.25, -0.2) is 0 Å². The monoisotopic (exact) mass is 209 g/mol. The second kappa shape index (κ2) is 6.63. The summed E-state index contributed by atoms with van der Waals surface area (Å²) in [6, 6.07) is 10.5. The van der Waals surface area contributed by atoms with Crippen LogP contribution in [-0.4, -0.2) is 24.4 Å². The van der Waals surface area contributed by atoms with E-state index in [4.69, 9.17) is 11.6 Å². The van der Waals surface area contributed by atoms with Crippen LogP contribution in [0.3, 0.4) is 0 Å². The fourth-order valence-corrected chi connectivity index (χ4v) is 1.40. The molecule has 0 bridgehead atoms. The summed E-state index contributed by atoms with van der Waals surface area (Å²) < 4.78 is 0. The molecule has 0 fully saturated rings. The van der Waals surface area contributed by atoms with Crippen molar-refractivity contribution in [3.05, 3.63) is 48.0 Å². The minimum atomic E-state index is 0.596. The summed E-state index contributed by atoms with van der Waals surface area (Å²) in [5.41, 5.74) is 1.34. The molecule has 1 rings (SSSR count). The molecule has 76 valence electrons. The zero-order chi connectivity index (χ0) is 10.2. The molecule has 0 heterocycles. The van der Waals surface area contributed by atoms with Gasteiger partial charge in [0, 0.05) is 19.0 Å². The van der Waals surface area contributed by atoms with Crippen LogP contribution in [0, 0.1) is 0 Å². The highest BCUT2D eigenvalue weighted by atomic mass is 35.5. The molecule has 0 spiro atoms. The Morgan fingerprint density at radius 1 is 1.21 bits per heavy atom. The smallest absolute Gasteiger partial charge is 0.0404 e. The van der Waals surface area contributed by atoms with Gasteiger partial charge in [0.05, 0.1) is 0 Å². The predicted molar refractivity (Wildman–Crippen MR) is 62.6 cm³/mol. The standard InChI is InChI=1S/C12H16ClN/c1-14(10-6-5-9-13)11-12-7-3-2-4-8-12/h2-8H,9-11H2,1H3. The first-order chi connectivity index (χ1) is 6.83. The fourth-order valence-electron chi connectivity index (χ4n) is 1.28. The molecule has 0 aromatic heterocycles. The Kier molecular flexibility index (Phi) is 5.35. The quantitative estimate of drug-likeness (QED) is 0.533. The van der Waals surface area contributed by atoms with E-state index < -0.39 is 0 Å². The summed E-state index contributed by atoms with van der Waals surface area (Å²) in [5, 5.41) is 0. The zero-order valence-electron chi connectivity index (χ0n) is 8.49. The highest BCUT2D eigenvalue weighted by molar-refractivity contribution is 6.18. The van der Waals surface area contributed by atoms with Crippen LogP contribution in [-0.2, 0) is 6.54 Å². The van der Waals surface area contributed by atoms with Gasteiger partial charge in [-0.1, -0.05) is 42.5 Å². The number of nitrogens with zero attached hydrogens (tertiary/aromatic N) is 1. The third-order valence-corrected chi connectivity index (χ3v) is 2.15. The number of likely N-dealkylation sites (N-methyl/N-ethyl adjacent to an activating group) is 1. The van der Waals surface area contributed by atoms with Crippen molar-refractivity contribution in [1.82, 2.24) is 4.90 Å². The van der Waals surface area contributed by atoms with Crippen molar-refractivity contribution in [2.24, 2.45) is 0 Å². The number of allylic oxidation sites excluding steroid dienone is 1. The average molecular weight is 210 g/mol. The zero-order valence-corrected chi connectivity index (χ0v) is 9.24. The van der Waals surface area contributed by atoms with Crippen molar-refractivity contribution in [3.63, 3.8) is 0 Å². The molecule has 0 atom stereocenters. The van der Waals surface area contributed by atoms with Crippen molar-refractivity contribution in [3.8, 4) is 0 Å². The Labute approximate surface area is 91.0 Å². The van der Waals surface area contributed by atoms with E-state index in [0.29, 0.717) is 5.88 Å². The summed E-state index contributed by atoms with van der Waals surface area (Å²) in [6.45, 7) is 1.93. The first kappa shape index (κ1) is 11.3. The first-order valence-electron chi connectivity index (χ1n) is 4.76. The Bertz CT molecular complexity index is 269. The van der Waals surface area contributed by atoms with Crippen LogP contribution in [0.15, 0.2) is 42.5 Å². The minimum Gasteiger partial charge on any atom is -0.298 e. The number of hydrogen-bond acceptors (Lipinski definition) is 1. The summed E-state index contributed by atoms with van der Waals surface area (Å²) in [5.74, 6) is 0.596. The van der Waals surface area contributed by atoms with E-state index in [1.165, 1.54) is 5.56 Å². The Balaban J connectivity index is 2.34. The number of hydrogen-bond donors (Lipinski definition) is 0. The van der Waals surface area contributed by atoms with Gasteiger partial charge in [-0.2, -0.15) is 0 Å². The van der Waals surface area contributed by atoms with Crippen LogP contribution in [0.2, 0.25) is 0 Å². The van der Waals surface area contributed by atoms with Gasteiger partial charge >= 0.3 is 0 Å². The van der Waals surface area contributed by atoms with E-state index in [9.17, 15) is 0 Å². The maximum Gasteiger partial charge on any atom is 0.0404 e. The molecule has 0 unspecified atom stereocenters. The maximum atomic E-state index is 5.54. The van der Waals surface area contributed by atoms with E-state index in [1.807, 2.05) is 12.1 Å². The summed E-state index contributed by atoms with van der Waals surface area (Å²) in [6.07, 6.45) is 4.07. The molecular weight excluding hydrogens is 194 g/mol. The number of alkyl halides is 1. The van der Waals surface area contributed by atoms with Crippen molar-refractivity contribution in [1.29, 1.82) is 0 Å². The molecule has 1 nitrogen and oxygen atoms in total. The van der Waals surface area contributed by atoms with E-state index in [0.717, 1.165) is 13.1 Å². The van der Waals surface area contributed by atoms with Crippen LogP contribution in [0.1, 0.15) is 5.56 Å². The van der Waals surface area contributed by atoms with Gasteiger partial charge in [0.2, 0.25) is 0 Å². The largest absolute Gasteiger partial charge is 0.298 e. The molecule has 0 N–H and O–H groups in total. The highest BCUT2D eigenvalue weighted by Gasteiger charge is 1.96. The molecule has 0 radical (unpaired) electrons. The Morgan fingerprint density at radius 2 is 1.93 bits per heavy atom. The second-order valence-corrected chi connectivity index (χ2v) is 3.62. The van der Waals surface area contributed by atoms with Crippen LogP contribution in [0.5, 0.6) is 0 Å². The van der Waals surface area contributed by atoms with Crippen molar-refractivity contribution in [2.45, 2.75) is 6.54 Å². The van der Waals surface area contributed by atoms with Gasteiger partial charge < -0.3 is 0 Å². The lowest BCUT2D eigenvalue weighted by molar-refractivity contribution is 0.363. The van der Waals surface area contributed by atoms with Gasteiger partial charge in [0.15, 0.2) is 0 Å². The molecular formula is C12H16ClN. The van der Waals surface area contributed by atoms with Crippen LogP contribution < -0.4 is 0 Å². The normalized spacial score (nSPS) is 11.4. The van der Waals surface area contributed by atoms with E-state index in [2.05, 4.69) is 42.3 Å². The molecule has 14 heavy (non-hydrogen) atoms. The summed E-state index contributed by atoms with van der Waals surface area (Å²) in [7, 11) is 2.10. The number of benzene rings is 1. The third-order valence-electron chi connectivity index (χ3n) is 1.97. The minimum absolute atomic E-state index is 0.596. The van der Waals surface area contributed by atoms with E-state index >= 15 is 0 Å². The summed E-state index contributed by atoms with van der Waals surface area (Å²) in [4.78, 5) is 2.25. The SMILES string of the molecule is CN(CC=CCCl)Cc1ccccc1. The van der Waals surface area contributed by atoms with Crippen molar-refractivity contribution < 1.29 is 0 Å². The van der Waals surface area contributed by atoms with Crippen LogP contribution in [0.25, 0.3) is 0 Å². The van der Waals surface area contributed by atoms with Gasteiger partial charge in [0.25, 0.3) is 0 Å². The van der Waals surface area contributed by atoms with E-state index in [1.54, 1.807) is 0 Å². The molecule has 0 aliphatic carbocycles. The lowest BCUT2D eigenvalue weighted by Gasteiger charge is -2.13. The number of halogens is 1. The molecule has 2 heteroatoms. The fraction of sp³-hybridized carbons (Fsp3) is 0.333. The third kappa shape index (κ3) is 4.45. The van der Waals surface area contributed by atoms with Crippen LogP contribution >= 0.6 is 11.6 Å². The Morgan fingerprint density at radius 3 is 2.57 bits per heavy atom. The van der Waals surface area contributed by atoms with Crippen molar-refractivity contribution >= 4 is 11.6 Å². The average Bonchev–Trinajstić information content (AvgIpc) is 2.20. The molecule has 0 aliphatic rings. The lowest BCUT2D eigenvalue weighted by Crippen LogP contribution is -2.17. The van der Waals surface area contributed by atoms with Gasteiger partial charge in [-0.3, -0.25) is 4.90 Å². The lowest BCUT2D eigenvalue weighted by atomic mass is 10.2. The summed E-state index contributed by atoms with van der Waals surface area (Å²) >= 11 is 5.54. The molecule has 0 saturated carbocycles. The highest BCUT2D eigenvalue weighted by Crippen LogP contribution is 2.01. The van der Waals surface area contributed by atoms with E-state index in [-0.39, 0.29) is 0 Å². The maximum absolute atomic E-state index is 5.54. The van der Waals surface area contributed by atoms with Crippen LogP contribution in [0.4, 0.5) is 0 Å². The topological polar surface area (TPSA) is 3.24 Å². The molecule has 0 saturated heterocycles. The van der Waals surface area contributed by atoms with Gasteiger partial charge in [0.1, 0.15) is 0 Å². The molecule has 1 aromatic rings. The predicted octanol–water partition coefficient (Wildman–Crippen LogP) is 2.91. The second-order valence-electron chi connectivity index (χ2n) is 3.31. The molecule has 0 amide bonds. The van der Waals surface area contributed by atoms with Gasteiger partial charge in [-0.15, -0.1) is 11.6 Å². The van der Waals surface area contributed by atoms with Crippen molar-refractivity contribution in [2.75, 3.05) is 19.5 Å². The van der Waals surface area contributed by atoms with Gasteiger partial charge in [-0.05, 0) is 12.6 Å². The molecule has 1 aromatic carbocycles. The first-order valence-corrected chi connectivity index (χ1v) is 5.30.